The van der Waals surface area contributed by atoms with Crippen molar-refractivity contribution in [1.82, 2.24) is 9.19 Å². The average Bonchev–Trinajstić information content (AvgIpc) is 3.06. The van der Waals surface area contributed by atoms with Crippen molar-refractivity contribution in [2.75, 3.05) is 11.1 Å². The summed E-state index contributed by atoms with van der Waals surface area (Å²) in [6.07, 6.45) is 0. The number of hydrogen-bond donors (Lipinski definition) is 1. The Morgan fingerprint density at radius 2 is 2.00 bits per heavy atom. The van der Waals surface area contributed by atoms with Crippen molar-refractivity contribution in [3.63, 3.8) is 0 Å². The summed E-state index contributed by atoms with van der Waals surface area (Å²) in [6, 6.07) is 13.1. The molecule has 4 nitrogen and oxygen atoms in total. The topological polar surface area (TPSA) is 54.9 Å². The third-order valence-corrected chi connectivity index (χ3v) is 7.23. The van der Waals surface area contributed by atoms with Crippen LogP contribution in [0.3, 0.4) is 0 Å². The molecule has 1 amide bonds. The molecule has 1 N–H and O–H groups in total. The Balaban J connectivity index is 1.68. The van der Waals surface area contributed by atoms with Crippen LogP contribution in [-0.4, -0.2) is 35.6 Å². The molecule has 0 bridgehead atoms. The van der Waals surface area contributed by atoms with Crippen LogP contribution >= 0.6 is 35.0 Å². The molecule has 2 aromatic carbocycles. The standard InChI is InChI=1S/C17H13Cl2N3OSSe/c1-10-4-2-3-5-14(10)20-15(23)9-24-17-16(21-22-25-17)11-6-7-12(18)13(19)8-11/h2-8H,9H2,1H3,(H,20,23). The van der Waals surface area contributed by atoms with E-state index in [1.54, 1.807) is 12.1 Å². The van der Waals surface area contributed by atoms with Crippen molar-refractivity contribution in [3.8, 4) is 11.3 Å². The van der Waals surface area contributed by atoms with Gasteiger partial charge in [-0.05, 0) is 0 Å². The van der Waals surface area contributed by atoms with Crippen molar-refractivity contribution in [1.29, 1.82) is 0 Å². The number of benzene rings is 2. The minimum atomic E-state index is -0.116. The van der Waals surface area contributed by atoms with Crippen LogP contribution in [0.25, 0.3) is 11.3 Å². The summed E-state index contributed by atoms with van der Waals surface area (Å²) >= 11 is 13.4. The number of nitrogens with zero attached hydrogens (tertiary/aromatic N) is 2. The van der Waals surface area contributed by atoms with Gasteiger partial charge in [-0.1, -0.05) is 0 Å². The van der Waals surface area contributed by atoms with Crippen molar-refractivity contribution in [3.05, 3.63) is 58.1 Å². The number of para-hydroxylation sites is 1. The van der Waals surface area contributed by atoms with Crippen LogP contribution in [0.5, 0.6) is 0 Å². The Hall–Kier alpha value is -1.30. The number of aryl methyl sites for hydroxylation is 1. The Labute approximate surface area is 165 Å². The molecule has 0 aliphatic carbocycles. The number of amides is 1. The van der Waals surface area contributed by atoms with Gasteiger partial charge in [0.15, 0.2) is 0 Å². The minimum absolute atomic E-state index is 0.0528. The molecule has 0 radical (unpaired) electrons. The number of aromatic nitrogens is 2. The molecule has 1 aromatic heterocycles. The van der Waals surface area contributed by atoms with Gasteiger partial charge >= 0.3 is 166 Å². The zero-order valence-corrected chi connectivity index (χ0v) is 17.2. The van der Waals surface area contributed by atoms with E-state index >= 15 is 0 Å². The van der Waals surface area contributed by atoms with Gasteiger partial charge in [-0.3, -0.25) is 0 Å². The van der Waals surface area contributed by atoms with E-state index in [2.05, 4.69) is 14.5 Å². The SMILES string of the molecule is Cc1ccccc1NC(=O)CSc1[se]nnc1-c1ccc(Cl)c(Cl)c1. The van der Waals surface area contributed by atoms with E-state index in [1.807, 2.05) is 37.3 Å². The summed E-state index contributed by atoms with van der Waals surface area (Å²) in [6.45, 7) is 1.96. The van der Waals surface area contributed by atoms with Crippen LogP contribution in [0.1, 0.15) is 5.56 Å². The van der Waals surface area contributed by atoms with Crippen molar-refractivity contribution in [2.24, 2.45) is 0 Å². The molecule has 1 heterocycles. The van der Waals surface area contributed by atoms with Gasteiger partial charge in [0.2, 0.25) is 0 Å². The number of nitrogens with one attached hydrogen (secondary N) is 1. The van der Waals surface area contributed by atoms with Crippen molar-refractivity contribution >= 4 is 61.3 Å². The molecule has 0 saturated carbocycles. The third-order valence-electron chi connectivity index (χ3n) is 3.40. The Bertz CT molecular complexity index is 916. The first-order valence-corrected chi connectivity index (χ1v) is 10.7. The van der Waals surface area contributed by atoms with Gasteiger partial charge in [0.1, 0.15) is 0 Å². The molecule has 3 rings (SSSR count). The fourth-order valence-electron chi connectivity index (χ4n) is 2.13. The van der Waals surface area contributed by atoms with Gasteiger partial charge in [-0.15, -0.1) is 0 Å². The van der Waals surface area contributed by atoms with Crippen molar-refractivity contribution < 1.29 is 4.79 Å². The second-order valence-electron chi connectivity index (χ2n) is 5.19. The number of carbonyl (C=O) groups is 1. The average molecular weight is 457 g/mol. The Morgan fingerprint density at radius 3 is 2.76 bits per heavy atom. The van der Waals surface area contributed by atoms with Gasteiger partial charge < -0.3 is 0 Å². The molecule has 0 unspecified atom stereocenters. The summed E-state index contributed by atoms with van der Waals surface area (Å²) in [5.74, 6) is 0.254. The number of hydrogen-bond acceptors (Lipinski definition) is 4. The van der Waals surface area contributed by atoms with E-state index in [1.165, 1.54) is 11.8 Å². The molecule has 0 aliphatic rings. The fraction of sp³-hybridized carbons (Fsp3) is 0.118. The third kappa shape index (κ3) is 4.66. The zero-order chi connectivity index (χ0) is 17.8. The fourth-order valence-corrected chi connectivity index (χ4v) is 4.91. The van der Waals surface area contributed by atoms with Gasteiger partial charge in [-0.2, -0.15) is 0 Å². The Morgan fingerprint density at radius 1 is 1.20 bits per heavy atom. The molecule has 8 heteroatoms. The van der Waals surface area contributed by atoms with Crippen LogP contribution in [0.2, 0.25) is 10.0 Å². The second-order valence-corrected chi connectivity index (χ2v) is 9.16. The molecule has 25 heavy (non-hydrogen) atoms. The normalized spacial score (nSPS) is 10.7. The summed E-state index contributed by atoms with van der Waals surface area (Å²) in [4.78, 5) is 12.2. The number of thioether (sulfide) groups is 1. The quantitative estimate of drug-likeness (QED) is 0.452. The van der Waals surface area contributed by atoms with E-state index in [4.69, 9.17) is 23.2 Å². The number of carbonyl (C=O) groups excluding carboxylic acids is 1. The molecule has 0 atom stereocenters. The van der Waals surface area contributed by atoms with E-state index < -0.39 is 0 Å². The Kier molecular flexibility index (Phi) is 6.20. The van der Waals surface area contributed by atoms with Crippen LogP contribution in [-0.2, 0) is 4.79 Å². The van der Waals surface area contributed by atoms with E-state index in [0.717, 1.165) is 26.3 Å². The molecule has 0 saturated heterocycles. The van der Waals surface area contributed by atoms with E-state index in [9.17, 15) is 4.79 Å². The zero-order valence-electron chi connectivity index (χ0n) is 13.1. The summed E-state index contributed by atoms with van der Waals surface area (Å²) in [5, 5.41) is 8.12. The first-order chi connectivity index (χ1) is 12.0. The van der Waals surface area contributed by atoms with Gasteiger partial charge in [0, 0.05) is 0 Å². The van der Waals surface area contributed by atoms with Gasteiger partial charge in [0.05, 0.1) is 0 Å². The summed E-state index contributed by atoms with van der Waals surface area (Å²) < 4.78 is 5.14. The van der Waals surface area contributed by atoms with E-state index in [0.29, 0.717) is 15.8 Å². The number of anilines is 1. The maximum atomic E-state index is 12.2. The van der Waals surface area contributed by atoms with Gasteiger partial charge in [0.25, 0.3) is 0 Å². The number of rotatable bonds is 5. The van der Waals surface area contributed by atoms with Crippen LogP contribution in [0.4, 0.5) is 5.69 Å². The molecule has 0 fully saturated rings. The van der Waals surface area contributed by atoms with Crippen LogP contribution in [0.15, 0.2) is 46.2 Å². The molecule has 3 aromatic rings. The number of halogens is 2. The second kappa shape index (κ2) is 8.39. The predicted molar refractivity (Wildman–Crippen MR) is 105 cm³/mol. The summed E-state index contributed by atoms with van der Waals surface area (Å²) in [5.41, 5.74) is 3.50. The predicted octanol–water partition coefficient (Wildman–Crippen LogP) is 4.55. The van der Waals surface area contributed by atoms with Gasteiger partial charge in [-0.25, -0.2) is 0 Å². The molecule has 128 valence electrons. The first kappa shape index (κ1) is 18.5. The molecule has 0 aliphatic heterocycles. The summed E-state index contributed by atoms with van der Waals surface area (Å²) in [7, 11) is 0. The van der Waals surface area contributed by atoms with Crippen LogP contribution in [0, 0.1) is 6.92 Å². The van der Waals surface area contributed by atoms with E-state index in [-0.39, 0.29) is 20.6 Å². The maximum absolute atomic E-state index is 12.2. The molecular formula is C17H13Cl2N3OSSe. The molecule has 0 spiro atoms. The van der Waals surface area contributed by atoms with Crippen LogP contribution < -0.4 is 5.32 Å². The molecular weight excluding hydrogens is 444 g/mol. The first-order valence-electron chi connectivity index (χ1n) is 7.30. The monoisotopic (exact) mass is 457 g/mol. The van der Waals surface area contributed by atoms with Crippen molar-refractivity contribution in [2.45, 2.75) is 10.7 Å².